The van der Waals surface area contributed by atoms with E-state index in [1.807, 2.05) is 0 Å². The zero-order valence-corrected chi connectivity index (χ0v) is 12.9. The molecule has 2 aromatic carbocycles. The summed E-state index contributed by atoms with van der Waals surface area (Å²) in [6.45, 7) is 0. The van der Waals surface area contributed by atoms with Gasteiger partial charge < -0.3 is 5.11 Å². The summed E-state index contributed by atoms with van der Waals surface area (Å²) >= 11 is 11.5. The van der Waals surface area contributed by atoms with Gasteiger partial charge in [-0.1, -0.05) is 35.3 Å². The van der Waals surface area contributed by atoms with E-state index in [1.165, 1.54) is 36.4 Å². The second-order valence-electron chi connectivity index (χ2n) is 4.30. The third-order valence-corrected chi connectivity index (χ3v) is 3.28. The van der Waals surface area contributed by atoms with Crippen LogP contribution in [0.15, 0.2) is 41.5 Å². The molecule has 9 heteroatoms. The highest BCUT2D eigenvalue weighted by molar-refractivity contribution is 6.36. The number of phenols is 1. The normalized spacial score (nSPS) is 10.7. The molecule has 0 atom stereocenters. The van der Waals surface area contributed by atoms with Crippen LogP contribution in [0.25, 0.3) is 0 Å². The summed E-state index contributed by atoms with van der Waals surface area (Å²) in [7, 11) is 0. The Kier molecular flexibility index (Phi) is 5.15. The van der Waals surface area contributed by atoms with Crippen molar-refractivity contribution in [3.8, 4) is 5.75 Å². The van der Waals surface area contributed by atoms with Gasteiger partial charge in [0.1, 0.15) is 11.3 Å². The van der Waals surface area contributed by atoms with Gasteiger partial charge in [-0.2, -0.15) is 5.10 Å². The lowest BCUT2D eigenvalue weighted by molar-refractivity contribution is -0.385. The second-order valence-corrected chi connectivity index (χ2v) is 5.14. The molecular formula is C14H9Cl2N3O4. The van der Waals surface area contributed by atoms with Gasteiger partial charge in [-0.15, -0.1) is 0 Å². The lowest BCUT2D eigenvalue weighted by atomic mass is 10.2. The number of hydrogen-bond acceptors (Lipinski definition) is 5. The predicted octanol–water partition coefficient (Wildman–Crippen LogP) is 3.37. The standard InChI is InChI=1S/C14H9Cl2N3O4/c15-9-5-8(13(20)11(16)6-9)7-17-18-14(21)10-3-1-2-4-12(10)19(22)23/h1-7,20H,(H,18,21). The minimum Gasteiger partial charge on any atom is -0.506 e. The Balaban J connectivity index is 2.19. The van der Waals surface area contributed by atoms with Crippen molar-refractivity contribution >= 4 is 41.0 Å². The number of benzene rings is 2. The highest BCUT2D eigenvalue weighted by atomic mass is 35.5. The number of halogens is 2. The summed E-state index contributed by atoms with van der Waals surface area (Å²) in [5.74, 6) is -1.01. The smallest absolute Gasteiger partial charge is 0.282 e. The third kappa shape index (κ3) is 3.97. The van der Waals surface area contributed by atoms with Gasteiger partial charge in [0.15, 0.2) is 0 Å². The summed E-state index contributed by atoms with van der Waals surface area (Å²) < 4.78 is 0. The minimum atomic E-state index is -0.763. The Morgan fingerprint density at radius 3 is 2.70 bits per heavy atom. The number of nitrogens with zero attached hydrogens (tertiary/aromatic N) is 2. The van der Waals surface area contributed by atoms with Crippen molar-refractivity contribution in [1.82, 2.24) is 5.43 Å². The zero-order valence-electron chi connectivity index (χ0n) is 11.4. The quantitative estimate of drug-likeness (QED) is 0.499. The summed E-state index contributed by atoms with van der Waals surface area (Å²) in [6, 6.07) is 8.20. The van der Waals surface area contributed by atoms with Crippen LogP contribution in [0.2, 0.25) is 10.0 Å². The van der Waals surface area contributed by atoms with Crippen LogP contribution >= 0.6 is 23.2 Å². The van der Waals surface area contributed by atoms with Crippen molar-refractivity contribution < 1.29 is 14.8 Å². The molecule has 0 fully saturated rings. The van der Waals surface area contributed by atoms with Gasteiger partial charge in [0.25, 0.3) is 11.6 Å². The van der Waals surface area contributed by atoms with Crippen LogP contribution in [0, 0.1) is 10.1 Å². The highest BCUT2D eigenvalue weighted by Crippen LogP contribution is 2.29. The molecule has 0 aliphatic heterocycles. The number of phenolic OH excluding ortho intramolecular Hbond substituents is 1. The molecule has 0 saturated heterocycles. The predicted molar refractivity (Wildman–Crippen MR) is 86.3 cm³/mol. The summed E-state index contributed by atoms with van der Waals surface area (Å²) in [5, 5.41) is 24.5. The van der Waals surface area contributed by atoms with Gasteiger partial charge in [0.2, 0.25) is 0 Å². The van der Waals surface area contributed by atoms with E-state index in [0.717, 1.165) is 6.21 Å². The Hall–Kier alpha value is -2.64. The third-order valence-electron chi connectivity index (χ3n) is 2.77. The molecule has 0 spiro atoms. The fourth-order valence-corrected chi connectivity index (χ4v) is 2.24. The van der Waals surface area contributed by atoms with Crippen LogP contribution < -0.4 is 5.43 Å². The molecule has 1 amide bonds. The first-order valence-corrected chi connectivity index (χ1v) is 6.90. The fourth-order valence-electron chi connectivity index (χ4n) is 1.73. The van der Waals surface area contributed by atoms with E-state index in [2.05, 4.69) is 10.5 Å². The van der Waals surface area contributed by atoms with E-state index in [1.54, 1.807) is 0 Å². The molecule has 0 unspecified atom stereocenters. The molecule has 2 aromatic rings. The zero-order chi connectivity index (χ0) is 17.0. The maximum Gasteiger partial charge on any atom is 0.282 e. The van der Waals surface area contributed by atoms with Gasteiger partial charge in [0.05, 0.1) is 16.2 Å². The van der Waals surface area contributed by atoms with E-state index < -0.39 is 10.8 Å². The molecule has 2 rings (SSSR count). The maximum absolute atomic E-state index is 11.9. The Bertz CT molecular complexity index is 809. The van der Waals surface area contributed by atoms with E-state index in [-0.39, 0.29) is 32.6 Å². The Labute approximate surface area is 140 Å². The van der Waals surface area contributed by atoms with Crippen molar-refractivity contribution in [3.05, 3.63) is 67.7 Å². The minimum absolute atomic E-state index is 0.0315. The van der Waals surface area contributed by atoms with Gasteiger partial charge in [-0.3, -0.25) is 14.9 Å². The Morgan fingerprint density at radius 1 is 1.30 bits per heavy atom. The monoisotopic (exact) mass is 353 g/mol. The molecule has 0 bridgehead atoms. The van der Waals surface area contributed by atoms with Crippen LogP contribution in [-0.2, 0) is 0 Å². The first-order valence-electron chi connectivity index (χ1n) is 6.15. The average molecular weight is 354 g/mol. The number of carbonyl (C=O) groups is 1. The summed E-state index contributed by atoms with van der Waals surface area (Å²) in [4.78, 5) is 22.1. The highest BCUT2D eigenvalue weighted by Gasteiger charge is 2.18. The van der Waals surface area contributed by atoms with Crippen molar-refractivity contribution in [2.45, 2.75) is 0 Å². The van der Waals surface area contributed by atoms with Crippen molar-refractivity contribution in [2.75, 3.05) is 0 Å². The molecule has 2 N–H and O–H groups in total. The number of rotatable bonds is 4. The molecule has 0 heterocycles. The van der Waals surface area contributed by atoms with E-state index >= 15 is 0 Å². The van der Waals surface area contributed by atoms with Crippen molar-refractivity contribution in [1.29, 1.82) is 0 Å². The van der Waals surface area contributed by atoms with Crippen LogP contribution in [0.4, 0.5) is 5.69 Å². The number of para-hydroxylation sites is 1. The number of amides is 1. The molecule has 0 aliphatic rings. The van der Waals surface area contributed by atoms with E-state index in [0.29, 0.717) is 0 Å². The van der Waals surface area contributed by atoms with Crippen molar-refractivity contribution in [3.63, 3.8) is 0 Å². The number of aromatic hydroxyl groups is 1. The molecule has 0 aromatic heterocycles. The average Bonchev–Trinajstić information content (AvgIpc) is 2.51. The number of nitro benzene ring substituents is 1. The molecule has 0 saturated carbocycles. The largest absolute Gasteiger partial charge is 0.506 e. The molecule has 7 nitrogen and oxygen atoms in total. The lowest BCUT2D eigenvalue weighted by Crippen LogP contribution is -2.18. The molecule has 0 aliphatic carbocycles. The fraction of sp³-hybridized carbons (Fsp3) is 0. The van der Waals surface area contributed by atoms with Crippen molar-refractivity contribution in [2.24, 2.45) is 5.10 Å². The van der Waals surface area contributed by atoms with Crippen LogP contribution in [0.3, 0.4) is 0 Å². The topological polar surface area (TPSA) is 105 Å². The van der Waals surface area contributed by atoms with Crippen LogP contribution in [0.1, 0.15) is 15.9 Å². The number of carbonyl (C=O) groups excluding carboxylic acids is 1. The van der Waals surface area contributed by atoms with Crippen LogP contribution in [-0.4, -0.2) is 22.2 Å². The van der Waals surface area contributed by atoms with Gasteiger partial charge in [-0.05, 0) is 18.2 Å². The second kappa shape index (κ2) is 7.08. The Morgan fingerprint density at radius 2 is 2.00 bits per heavy atom. The lowest BCUT2D eigenvalue weighted by Gasteiger charge is -2.03. The molecule has 23 heavy (non-hydrogen) atoms. The SMILES string of the molecule is O=C(NN=Cc1cc(Cl)cc(Cl)c1O)c1ccccc1[N+](=O)[O-]. The van der Waals surface area contributed by atoms with Gasteiger partial charge >= 0.3 is 0 Å². The van der Waals surface area contributed by atoms with E-state index in [9.17, 15) is 20.0 Å². The van der Waals surface area contributed by atoms with Gasteiger partial charge in [0, 0.05) is 16.7 Å². The maximum atomic E-state index is 11.9. The summed E-state index contributed by atoms with van der Waals surface area (Å²) in [5.41, 5.74) is 1.85. The first-order chi connectivity index (χ1) is 10.9. The van der Waals surface area contributed by atoms with Gasteiger partial charge in [-0.25, -0.2) is 5.43 Å². The molecule has 118 valence electrons. The number of hydrazone groups is 1. The van der Waals surface area contributed by atoms with Crippen LogP contribution in [0.5, 0.6) is 5.75 Å². The molecular weight excluding hydrogens is 345 g/mol. The number of nitro groups is 1. The first kappa shape index (κ1) is 16.7. The van der Waals surface area contributed by atoms with E-state index in [4.69, 9.17) is 23.2 Å². The summed E-state index contributed by atoms with van der Waals surface area (Å²) in [6.07, 6.45) is 1.12. The number of nitrogens with one attached hydrogen (secondary N) is 1. The molecule has 0 radical (unpaired) electrons. The number of hydrogen-bond donors (Lipinski definition) is 2.